The molecule has 1 heterocycles. The minimum atomic E-state index is 0.267. The molecule has 2 rings (SSSR count). The maximum absolute atomic E-state index is 11.0. The minimum Gasteiger partial charge on any atom is -0.340 e. The number of aromatic nitrogens is 1. The molecule has 0 saturated heterocycles. The smallest absolute Gasteiger partial charge is 0.151 e. The second-order valence-corrected chi connectivity index (χ2v) is 5.04. The molecule has 0 aliphatic heterocycles. The molecule has 0 aliphatic rings. The van der Waals surface area contributed by atoms with E-state index in [1.807, 2.05) is 44.2 Å². The SMILES string of the molecule is CC(C)c1cc(Nc2cccc(Cl)c2)ncc1C=O. The molecule has 0 atom stereocenters. The number of pyridine rings is 1. The molecule has 19 heavy (non-hydrogen) atoms. The molecule has 0 aliphatic carbocycles. The van der Waals surface area contributed by atoms with Gasteiger partial charge in [0.2, 0.25) is 0 Å². The summed E-state index contributed by atoms with van der Waals surface area (Å²) in [5.41, 5.74) is 2.48. The molecule has 1 aromatic carbocycles. The van der Waals surface area contributed by atoms with Gasteiger partial charge in [-0.1, -0.05) is 31.5 Å². The highest BCUT2D eigenvalue weighted by Crippen LogP contribution is 2.23. The molecule has 1 N–H and O–H groups in total. The summed E-state index contributed by atoms with van der Waals surface area (Å²) in [6, 6.07) is 9.32. The van der Waals surface area contributed by atoms with Gasteiger partial charge in [0.05, 0.1) is 0 Å². The van der Waals surface area contributed by atoms with Gasteiger partial charge in [-0.25, -0.2) is 4.98 Å². The maximum Gasteiger partial charge on any atom is 0.151 e. The summed E-state index contributed by atoms with van der Waals surface area (Å²) in [5, 5.41) is 3.85. The lowest BCUT2D eigenvalue weighted by molar-refractivity contribution is 0.112. The number of carbonyl (C=O) groups excluding carboxylic acids is 1. The van der Waals surface area contributed by atoms with Crippen LogP contribution < -0.4 is 5.32 Å². The van der Waals surface area contributed by atoms with Crippen LogP contribution in [0.5, 0.6) is 0 Å². The molecule has 4 heteroatoms. The molecule has 2 aromatic rings. The van der Waals surface area contributed by atoms with Crippen molar-refractivity contribution in [1.29, 1.82) is 0 Å². The van der Waals surface area contributed by atoms with Crippen molar-refractivity contribution in [3.05, 3.63) is 52.7 Å². The summed E-state index contributed by atoms with van der Waals surface area (Å²) in [6.07, 6.45) is 2.43. The summed E-state index contributed by atoms with van der Waals surface area (Å²) in [4.78, 5) is 15.2. The third-order valence-corrected chi connectivity index (χ3v) is 3.05. The van der Waals surface area contributed by atoms with Crippen molar-refractivity contribution in [2.75, 3.05) is 5.32 Å². The van der Waals surface area contributed by atoms with Crippen LogP contribution in [0.15, 0.2) is 36.5 Å². The van der Waals surface area contributed by atoms with Crippen molar-refractivity contribution in [2.24, 2.45) is 0 Å². The summed E-state index contributed by atoms with van der Waals surface area (Å²) in [7, 11) is 0. The Hall–Kier alpha value is -1.87. The van der Waals surface area contributed by atoms with Crippen molar-refractivity contribution in [2.45, 2.75) is 19.8 Å². The van der Waals surface area contributed by atoms with E-state index in [-0.39, 0.29) is 5.92 Å². The molecule has 0 radical (unpaired) electrons. The van der Waals surface area contributed by atoms with Gasteiger partial charge in [0.15, 0.2) is 6.29 Å². The van der Waals surface area contributed by atoms with Crippen LogP contribution in [0.4, 0.5) is 11.5 Å². The number of halogens is 1. The first-order valence-electron chi connectivity index (χ1n) is 6.08. The first kappa shape index (κ1) is 13.6. The fourth-order valence-electron chi connectivity index (χ4n) is 1.86. The number of hydrogen-bond acceptors (Lipinski definition) is 3. The molecule has 0 bridgehead atoms. The lowest BCUT2D eigenvalue weighted by Crippen LogP contribution is -2.00. The predicted molar refractivity (Wildman–Crippen MR) is 78.4 cm³/mol. The molecule has 0 saturated carbocycles. The standard InChI is InChI=1S/C15H15ClN2O/c1-10(2)14-7-15(17-8-11(14)9-19)18-13-5-3-4-12(16)6-13/h3-10H,1-2H3,(H,17,18). The van der Waals surface area contributed by atoms with Crippen molar-refractivity contribution in [3.8, 4) is 0 Å². The molecular weight excluding hydrogens is 260 g/mol. The Morgan fingerprint density at radius 2 is 2.11 bits per heavy atom. The van der Waals surface area contributed by atoms with Gasteiger partial charge in [-0.2, -0.15) is 0 Å². The molecule has 0 unspecified atom stereocenters. The van der Waals surface area contributed by atoms with Gasteiger partial charge in [-0.15, -0.1) is 0 Å². The van der Waals surface area contributed by atoms with Crippen LogP contribution in [0.2, 0.25) is 5.02 Å². The van der Waals surface area contributed by atoms with Crippen molar-refractivity contribution in [1.82, 2.24) is 4.98 Å². The Morgan fingerprint density at radius 3 is 2.74 bits per heavy atom. The fourth-order valence-corrected chi connectivity index (χ4v) is 2.05. The molecule has 0 fully saturated rings. The highest BCUT2D eigenvalue weighted by molar-refractivity contribution is 6.30. The van der Waals surface area contributed by atoms with E-state index in [1.165, 1.54) is 0 Å². The van der Waals surface area contributed by atoms with Gasteiger partial charge in [-0.3, -0.25) is 4.79 Å². The van der Waals surface area contributed by atoms with Gasteiger partial charge < -0.3 is 5.32 Å². The third kappa shape index (κ3) is 3.32. The summed E-state index contributed by atoms with van der Waals surface area (Å²) in [6.45, 7) is 4.09. The van der Waals surface area contributed by atoms with E-state index in [1.54, 1.807) is 6.20 Å². The third-order valence-electron chi connectivity index (χ3n) is 2.81. The van der Waals surface area contributed by atoms with Gasteiger partial charge in [0, 0.05) is 22.5 Å². The van der Waals surface area contributed by atoms with Crippen LogP contribution in [0.1, 0.15) is 35.7 Å². The second-order valence-electron chi connectivity index (χ2n) is 4.61. The Morgan fingerprint density at radius 1 is 1.32 bits per heavy atom. The van der Waals surface area contributed by atoms with Crippen molar-refractivity contribution < 1.29 is 4.79 Å². The lowest BCUT2D eigenvalue weighted by Gasteiger charge is -2.12. The number of carbonyl (C=O) groups is 1. The van der Waals surface area contributed by atoms with Gasteiger partial charge in [-0.05, 0) is 35.7 Å². The summed E-state index contributed by atoms with van der Waals surface area (Å²) in [5.74, 6) is 0.972. The highest BCUT2D eigenvalue weighted by Gasteiger charge is 2.08. The van der Waals surface area contributed by atoms with Gasteiger partial charge >= 0.3 is 0 Å². The van der Waals surface area contributed by atoms with Crippen LogP contribution in [0.25, 0.3) is 0 Å². The topological polar surface area (TPSA) is 42.0 Å². The Bertz CT molecular complexity index is 596. The average molecular weight is 275 g/mol. The summed E-state index contributed by atoms with van der Waals surface area (Å²) < 4.78 is 0. The first-order valence-corrected chi connectivity index (χ1v) is 6.45. The number of anilines is 2. The van der Waals surface area contributed by atoms with E-state index < -0.39 is 0 Å². The number of nitrogens with zero attached hydrogens (tertiary/aromatic N) is 1. The zero-order chi connectivity index (χ0) is 13.8. The Kier molecular flexibility index (Phi) is 4.17. The van der Waals surface area contributed by atoms with Gasteiger partial charge in [0.1, 0.15) is 5.82 Å². The predicted octanol–water partition coefficient (Wildman–Crippen LogP) is 4.41. The highest BCUT2D eigenvalue weighted by atomic mass is 35.5. The zero-order valence-corrected chi connectivity index (χ0v) is 11.6. The van der Waals surface area contributed by atoms with E-state index in [0.717, 1.165) is 17.5 Å². The van der Waals surface area contributed by atoms with E-state index in [9.17, 15) is 4.79 Å². The van der Waals surface area contributed by atoms with Crippen molar-refractivity contribution >= 4 is 29.4 Å². The lowest BCUT2D eigenvalue weighted by atomic mass is 10.00. The molecular formula is C15H15ClN2O. The molecule has 3 nitrogen and oxygen atoms in total. The Balaban J connectivity index is 2.31. The number of nitrogens with one attached hydrogen (secondary N) is 1. The van der Waals surface area contributed by atoms with Crippen LogP contribution in [0, 0.1) is 0 Å². The molecule has 1 aromatic heterocycles. The van der Waals surface area contributed by atoms with E-state index in [2.05, 4.69) is 10.3 Å². The quantitative estimate of drug-likeness (QED) is 0.840. The maximum atomic E-state index is 11.0. The monoisotopic (exact) mass is 274 g/mol. The average Bonchev–Trinajstić information content (AvgIpc) is 2.38. The van der Waals surface area contributed by atoms with E-state index in [4.69, 9.17) is 11.6 Å². The fraction of sp³-hybridized carbons (Fsp3) is 0.200. The number of benzene rings is 1. The van der Waals surface area contributed by atoms with Crippen LogP contribution in [-0.2, 0) is 0 Å². The zero-order valence-electron chi connectivity index (χ0n) is 10.9. The van der Waals surface area contributed by atoms with Crippen LogP contribution in [0.3, 0.4) is 0 Å². The van der Waals surface area contributed by atoms with Crippen LogP contribution in [-0.4, -0.2) is 11.3 Å². The molecule has 0 amide bonds. The number of hydrogen-bond donors (Lipinski definition) is 1. The Labute approximate surface area is 117 Å². The first-order chi connectivity index (χ1) is 9.10. The van der Waals surface area contributed by atoms with E-state index >= 15 is 0 Å². The molecule has 98 valence electrons. The minimum absolute atomic E-state index is 0.267. The van der Waals surface area contributed by atoms with Gasteiger partial charge in [0.25, 0.3) is 0 Å². The summed E-state index contributed by atoms with van der Waals surface area (Å²) >= 11 is 5.93. The largest absolute Gasteiger partial charge is 0.340 e. The van der Waals surface area contributed by atoms with E-state index in [0.29, 0.717) is 16.4 Å². The molecule has 0 spiro atoms. The number of rotatable bonds is 4. The van der Waals surface area contributed by atoms with Crippen molar-refractivity contribution in [3.63, 3.8) is 0 Å². The normalized spacial score (nSPS) is 10.5. The second kappa shape index (κ2) is 5.85. The number of aldehydes is 1. The van der Waals surface area contributed by atoms with Crippen LogP contribution >= 0.6 is 11.6 Å².